The summed E-state index contributed by atoms with van der Waals surface area (Å²) in [5.41, 5.74) is 6.64. The molecule has 0 atom stereocenters. The largest absolute Gasteiger partial charge is 0.457 e. The van der Waals surface area contributed by atoms with Crippen LogP contribution in [-0.4, -0.2) is 12.6 Å². The fourth-order valence-corrected chi connectivity index (χ4v) is 14.1. The van der Waals surface area contributed by atoms with E-state index >= 15 is 0 Å². The lowest BCUT2D eigenvalue weighted by molar-refractivity contribution is 0.483. The normalized spacial score (nSPS) is 11.5. The quantitative estimate of drug-likeness (QED) is 0.101. The van der Waals surface area contributed by atoms with E-state index in [2.05, 4.69) is 234 Å². The Morgan fingerprint density at radius 1 is 0.323 bits per heavy atom. The van der Waals surface area contributed by atoms with Crippen molar-refractivity contribution in [3.05, 3.63) is 255 Å². The van der Waals surface area contributed by atoms with Gasteiger partial charge in [0.15, 0.2) is 8.07 Å². The Balaban J connectivity index is 1.16. The lowest BCUT2D eigenvalue weighted by Crippen LogP contribution is -2.74. The first kappa shape index (κ1) is 37.1. The second-order valence-electron chi connectivity index (χ2n) is 15.7. The molecule has 0 amide bonds. The van der Waals surface area contributed by atoms with E-state index in [9.17, 15) is 0 Å². The van der Waals surface area contributed by atoms with Gasteiger partial charge in [0, 0.05) is 33.5 Å². The Morgan fingerprint density at radius 2 is 0.774 bits per heavy atom. The van der Waals surface area contributed by atoms with Crippen LogP contribution in [0.1, 0.15) is 0 Å². The van der Waals surface area contributed by atoms with E-state index in [1.54, 1.807) is 0 Å². The third-order valence-corrected chi connectivity index (χ3v) is 16.9. The molecule has 0 spiro atoms. The van der Waals surface area contributed by atoms with E-state index in [4.69, 9.17) is 4.74 Å². The molecule has 0 aliphatic rings. The molecule has 0 saturated carbocycles. The molecule has 62 heavy (non-hydrogen) atoms. The Hall–Kier alpha value is -7.92. The zero-order valence-corrected chi connectivity index (χ0v) is 35.1. The van der Waals surface area contributed by atoms with Crippen molar-refractivity contribution in [2.24, 2.45) is 0 Å². The molecule has 1 heterocycles. The van der Waals surface area contributed by atoms with Gasteiger partial charge in [-0.15, -0.1) is 0 Å². The molecule has 0 saturated heterocycles. The van der Waals surface area contributed by atoms with Crippen LogP contribution in [0.15, 0.2) is 255 Å². The molecule has 0 aliphatic carbocycles. The van der Waals surface area contributed by atoms with Gasteiger partial charge in [0.2, 0.25) is 0 Å². The average molecular weight is 811 g/mol. The molecule has 1 aromatic heterocycles. The Labute approximate surface area is 363 Å². The number of benzene rings is 10. The third-order valence-electron chi connectivity index (χ3n) is 12.1. The van der Waals surface area contributed by atoms with Crippen LogP contribution in [0.25, 0.3) is 38.3 Å². The SMILES string of the molecule is c1ccc(Oc2ccc(N(c3ccc4ccccc4c3)c3ccc4c(c3)c3cc([Si](c5ccccc5)(c5ccccc5)c5ccccc5)ccc3n4-c3ccccc3)cc2)cc1. The first-order valence-electron chi connectivity index (χ1n) is 21.2. The minimum absolute atomic E-state index is 0.787. The Kier molecular flexibility index (Phi) is 9.53. The van der Waals surface area contributed by atoms with Crippen molar-refractivity contribution in [2.75, 3.05) is 4.90 Å². The van der Waals surface area contributed by atoms with Crippen LogP contribution in [0.2, 0.25) is 0 Å². The van der Waals surface area contributed by atoms with Crippen LogP contribution >= 0.6 is 0 Å². The Bertz CT molecular complexity index is 3200. The number of rotatable bonds is 10. The average Bonchev–Trinajstić information content (AvgIpc) is 3.67. The monoisotopic (exact) mass is 810 g/mol. The van der Waals surface area contributed by atoms with Crippen LogP contribution in [0, 0.1) is 0 Å². The molecule has 0 aliphatic heterocycles. The highest BCUT2D eigenvalue weighted by molar-refractivity contribution is 7.20. The number of ether oxygens (including phenoxy) is 1. The number of aromatic nitrogens is 1. The van der Waals surface area contributed by atoms with Gasteiger partial charge in [0.05, 0.1) is 11.0 Å². The van der Waals surface area contributed by atoms with Gasteiger partial charge < -0.3 is 14.2 Å². The fourth-order valence-electron chi connectivity index (χ4n) is 9.35. The summed E-state index contributed by atoms with van der Waals surface area (Å²) in [6.07, 6.45) is 0. The van der Waals surface area contributed by atoms with E-state index in [1.807, 2.05) is 30.3 Å². The van der Waals surface area contributed by atoms with Gasteiger partial charge in [0.25, 0.3) is 0 Å². The van der Waals surface area contributed by atoms with Gasteiger partial charge in [0.1, 0.15) is 11.5 Å². The highest BCUT2D eigenvalue weighted by atomic mass is 28.3. The molecule has 0 radical (unpaired) electrons. The summed E-state index contributed by atoms with van der Waals surface area (Å²) in [5.74, 6) is 1.60. The van der Waals surface area contributed by atoms with Gasteiger partial charge in [-0.1, -0.05) is 170 Å². The maximum absolute atomic E-state index is 6.25. The van der Waals surface area contributed by atoms with Crippen molar-refractivity contribution >= 4 is 78.5 Å². The number of hydrogen-bond acceptors (Lipinski definition) is 2. The number of anilines is 3. The molecule has 0 fully saturated rings. The lowest BCUT2D eigenvalue weighted by atomic mass is 10.1. The predicted octanol–water partition coefficient (Wildman–Crippen LogP) is 12.6. The topological polar surface area (TPSA) is 17.4 Å². The van der Waals surface area contributed by atoms with E-state index in [0.29, 0.717) is 0 Å². The smallest absolute Gasteiger partial charge is 0.179 e. The van der Waals surface area contributed by atoms with E-state index < -0.39 is 8.07 Å². The molecule has 11 aromatic rings. The summed E-state index contributed by atoms with van der Waals surface area (Å²) in [7, 11) is -2.81. The van der Waals surface area contributed by atoms with Crippen LogP contribution in [0.4, 0.5) is 17.1 Å². The summed E-state index contributed by atoms with van der Waals surface area (Å²) >= 11 is 0. The van der Waals surface area contributed by atoms with Crippen molar-refractivity contribution in [1.82, 2.24) is 4.57 Å². The lowest BCUT2D eigenvalue weighted by Gasteiger charge is -2.34. The molecule has 10 aromatic carbocycles. The van der Waals surface area contributed by atoms with Crippen LogP contribution in [0.5, 0.6) is 11.5 Å². The van der Waals surface area contributed by atoms with Crippen molar-refractivity contribution in [3.8, 4) is 17.2 Å². The molecule has 3 nitrogen and oxygen atoms in total. The third kappa shape index (κ3) is 6.54. The molecule has 11 rings (SSSR count). The number of fused-ring (bicyclic) bond motifs is 4. The van der Waals surface area contributed by atoms with Crippen molar-refractivity contribution in [1.29, 1.82) is 0 Å². The number of hydrogen-bond donors (Lipinski definition) is 0. The Morgan fingerprint density at radius 3 is 1.39 bits per heavy atom. The molecular weight excluding hydrogens is 769 g/mol. The fraction of sp³-hybridized carbons (Fsp3) is 0. The first-order chi connectivity index (χ1) is 30.7. The first-order valence-corrected chi connectivity index (χ1v) is 23.2. The van der Waals surface area contributed by atoms with E-state index in [1.165, 1.54) is 47.8 Å². The van der Waals surface area contributed by atoms with E-state index in [0.717, 1.165) is 39.8 Å². The molecular formula is C58H42N2OSi. The van der Waals surface area contributed by atoms with Gasteiger partial charge in [-0.05, 0) is 116 Å². The molecule has 0 bridgehead atoms. The summed E-state index contributed by atoms with van der Waals surface area (Å²) in [6, 6.07) is 92.2. The predicted molar refractivity (Wildman–Crippen MR) is 263 cm³/mol. The van der Waals surface area contributed by atoms with Crippen LogP contribution in [-0.2, 0) is 0 Å². The number of para-hydroxylation sites is 2. The van der Waals surface area contributed by atoms with Gasteiger partial charge >= 0.3 is 0 Å². The summed E-state index contributed by atoms with van der Waals surface area (Å²) in [5, 5.41) is 10.2. The highest BCUT2D eigenvalue weighted by Gasteiger charge is 2.41. The standard InChI is InChI=1S/C58H42N2OSi/c1-6-20-45(21-7-1)60-57-38-34-48(59(47-31-30-43-18-16-17-19-44(43)40-47)46-32-35-50(36-33-46)61-49-22-8-2-9-23-49)41-55(57)56-42-54(37-39-58(56)60)62(51-24-10-3-11-25-51,52-26-12-4-13-27-52)53-28-14-5-15-29-53/h1-42H. The minimum Gasteiger partial charge on any atom is -0.457 e. The van der Waals surface area contributed by atoms with Crippen molar-refractivity contribution in [3.63, 3.8) is 0 Å². The minimum atomic E-state index is -2.81. The molecule has 4 heteroatoms. The second-order valence-corrected chi connectivity index (χ2v) is 19.5. The van der Waals surface area contributed by atoms with Gasteiger partial charge in [-0.3, -0.25) is 0 Å². The van der Waals surface area contributed by atoms with Gasteiger partial charge in [-0.25, -0.2) is 0 Å². The van der Waals surface area contributed by atoms with Crippen LogP contribution < -0.4 is 30.4 Å². The molecule has 0 N–H and O–H groups in total. The zero-order valence-electron chi connectivity index (χ0n) is 34.1. The molecule has 0 unspecified atom stereocenters. The maximum atomic E-state index is 6.25. The summed E-state index contributed by atoms with van der Waals surface area (Å²) in [6.45, 7) is 0. The van der Waals surface area contributed by atoms with E-state index in [-0.39, 0.29) is 0 Å². The van der Waals surface area contributed by atoms with Crippen LogP contribution in [0.3, 0.4) is 0 Å². The zero-order chi connectivity index (χ0) is 41.3. The summed E-state index contributed by atoms with van der Waals surface area (Å²) < 4.78 is 8.67. The second kappa shape index (κ2) is 15.9. The van der Waals surface area contributed by atoms with Gasteiger partial charge in [-0.2, -0.15) is 0 Å². The maximum Gasteiger partial charge on any atom is 0.179 e. The molecule has 294 valence electrons. The highest BCUT2D eigenvalue weighted by Crippen LogP contribution is 2.41. The van der Waals surface area contributed by atoms with Crippen molar-refractivity contribution < 1.29 is 4.74 Å². The number of nitrogens with zero attached hydrogens (tertiary/aromatic N) is 2. The summed E-state index contributed by atoms with van der Waals surface area (Å²) in [4.78, 5) is 2.37. The van der Waals surface area contributed by atoms with Crippen molar-refractivity contribution in [2.45, 2.75) is 0 Å².